The molecule has 2 N–H and O–H groups in total. The topological polar surface area (TPSA) is 43.7 Å². The van der Waals surface area contributed by atoms with Crippen molar-refractivity contribution in [1.82, 2.24) is 0 Å². The molecule has 2 atom stereocenters. The third kappa shape index (κ3) is 3.50. The summed E-state index contributed by atoms with van der Waals surface area (Å²) >= 11 is 3.52. The molecule has 4 heteroatoms. The quantitative estimate of drug-likeness (QED) is 0.896. The van der Waals surface area contributed by atoms with Crippen molar-refractivity contribution >= 4 is 21.6 Å². The summed E-state index contributed by atoms with van der Waals surface area (Å²) in [7, 11) is 0. The number of nitrogens with zero attached hydrogens (tertiary/aromatic N) is 1. The van der Waals surface area contributed by atoms with Crippen LogP contribution in [0.5, 0.6) is 0 Å². The maximum atomic E-state index is 9.63. The summed E-state index contributed by atoms with van der Waals surface area (Å²) in [5, 5.41) is 19.3. The molecule has 1 aromatic carbocycles. The predicted octanol–water partition coefficient (Wildman–Crippen LogP) is 3.10. The van der Waals surface area contributed by atoms with Gasteiger partial charge in [-0.25, -0.2) is 0 Å². The van der Waals surface area contributed by atoms with Crippen LogP contribution in [0.4, 0.5) is 5.69 Å². The van der Waals surface area contributed by atoms with Gasteiger partial charge in [-0.05, 0) is 50.3 Å². The zero-order valence-corrected chi connectivity index (χ0v) is 13.1. The summed E-state index contributed by atoms with van der Waals surface area (Å²) in [6, 6.07) is 6.12. The molecule has 1 aliphatic heterocycles. The van der Waals surface area contributed by atoms with E-state index in [1.807, 2.05) is 13.0 Å². The van der Waals surface area contributed by atoms with Crippen LogP contribution in [0.25, 0.3) is 0 Å². The lowest BCUT2D eigenvalue weighted by Gasteiger charge is -2.35. The Bertz CT molecular complexity index is 426. The van der Waals surface area contributed by atoms with Crippen LogP contribution in [0.2, 0.25) is 0 Å². The molecule has 1 heterocycles. The second-order valence-electron chi connectivity index (χ2n) is 5.45. The highest BCUT2D eigenvalue weighted by molar-refractivity contribution is 9.10. The van der Waals surface area contributed by atoms with E-state index in [-0.39, 0.29) is 6.10 Å². The number of rotatable bonds is 3. The first kappa shape index (κ1) is 14.8. The molecule has 0 saturated carbocycles. The molecule has 1 fully saturated rings. The van der Waals surface area contributed by atoms with E-state index in [1.165, 1.54) is 5.69 Å². The molecular weight excluding hydrogens is 306 g/mol. The number of halogens is 1. The van der Waals surface area contributed by atoms with Crippen LogP contribution in [0.3, 0.4) is 0 Å². The van der Waals surface area contributed by atoms with Gasteiger partial charge in [0.15, 0.2) is 0 Å². The second kappa shape index (κ2) is 6.25. The fourth-order valence-electron chi connectivity index (χ4n) is 2.69. The van der Waals surface area contributed by atoms with Crippen LogP contribution in [0.1, 0.15) is 38.4 Å². The highest BCUT2D eigenvalue weighted by atomic mass is 79.9. The molecule has 2 rings (SSSR count). The van der Waals surface area contributed by atoms with E-state index in [4.69, 9.17) is 0 Å². The normalized spacial score (nSPS) is 20.4. The number of benzene rings is 1. The van der Waals surface area contributed by atoms with Gasteiger partial charge >= 0.3 is 0 Å². The molecule has 1 saturated heterocycles. The lowest BCUT2D eigenvalue weighted by atomic mass is 9.92. The van der Waals surface area contributed by atoms with Crippen LogP contribution in [-0.4, -0.2) is 29.4 Å². The highest BCUT2D eigenvalue weighted by Crippen LogP contribution is 2.31. The molecule has 0 amide bonds. The number of aliphatic hydroxyl groups is 2. The number of hydrogen-bond donors (Lipinski definition) is 2. The average molecular weight is 328 g/mol. The van der Waals surface area contributed by atoms with Gasteiger partial charge in [0.1, 0.15) is 0 Å². The zero-order chi connectivity index (χ0) is 14.0. The van der Waals surface area contributed by atoms with E-state index in [2.05, 4.69) is 33.0 Å². The Labute approximate surface area is 123 Å². The van der Waals surface area contributed by atoms with E-state index in [9.17, 15) is 10.2 Å². The van der Waals surface area contributed by atoms with Crippen molar-refractivity contribution in [2.75, 3.05) is 18.0 Å². The summed E-state index contributed by atoms with van der Waals surface area (Å²) in [6.07, 6.45) is 1.41. The Balaban J connectivity index is 2.06. The number of anilines is 1. The summed E-state index contributed by atoms with van der Waals surface area (Å²) in [4.78, 5) is 2.34. The van der Waals surface area contributed by atoms with E-state index in [0.717, 1.165) is 36.0 Å². The molecule has 0 aliphatic carbocycles. The SMILES string of the molecule is CC(O)C1CCN(c2ccc([C@@H](C)O)c(Br)c2)CC1. The van der Waals surface area contributed by atoms with Gasteiger partial charge in [0.05, 0.1) is 12.2 Å². The fraction of sp³-hybridized carbons (Fsp3) is 0.600. The Morgan fingerprint density at radius 1 is 1.21 bits per heavy atom. The van der Waals surface area contributed by atoms with Crippen molar-refractivity contribution in [3.63, 3.8) is 0 Å². The first-order chi connectivity index (χ1) is 8.99. The van der Waals surface area contributed by atoms with Crippen molar-refractivity contribution in [2.24, 2.45) is 5.92 Å². The Kier molecular flexibility index (Phi) is 4.87. The lowest BCUT2D eigenvalue weighted by molar-refractivity contribution is 0.110. The number of hydrogen-bond acceptors (Lipinski definition) is 3. The van der Waals surface area contributed by atoms with Gasteiger partial charge in [-0.15, -0.1) is 0 Å². The van der Waals surface area contributed by atoms with Crippen LogP contribution < -0.4 is 4.90 Å². The molecule has 0 radical (unpaired) electrons. The Hall–Kier alpha value is -0.580. The summed E-state index contributed by atoms with van der Waals surface area (Å²) in [5.41, 5.74) is 2.10. The van der Waals surface area contributed by atoms with E-state index >= 15 is 0 Å². The van der Waals surface area contributed by atoms with Crippen molar-refractivity contribution in [2.45, 2.75) is 38.9 Å². The molecule has 106 valence electrons. The van der Waals surface area contributed by atoms with Gasteiger partial charge < -0.3 is 15.1 Å². The molecule has 0 spiro atoms. The summed E-state index contributed by atoms with van der Waals surface area (Å²) in [5.74, 6) is 0.427. The van der Waals surface area contributed by atoms with Crippen molar-refractivity contribution < 1.29 is 10.2 Å². The molecule has 1 aromatic rings. The molecule has 19 heavy (non-hydrogen) atoms. The Morgan fingerprint density at radius 2 is 1.84 bits per heavy atom. The van der Waals surface area contributed by atoms with Crippen molar-refractivity contribution in [3.8, 4) is 0 Å². The number of piperidine rings is 1. The van der Waals surface area contributed by atoms with Crippen molar-refractivity contribution in [1.29, 1.82) is 0 Å². The zero-order valence-electron chi connectivity index (χ0n) is 11.5. The monoisotopic (exact) mass is 327 g/mol. The maximum Gasteiger partial charge on any atom is 0.0772 e. The Morgan fingerprint density at radius 3 is 2.32 bits per heavy atom. The number of aliphatic hydroxyl groups excluding tert-OH is 2. The summed E-state index contributed by atoms with van der Waals surface area (Å²) in [6.45, 7) is 5.62. The van der Waals surface area contributed by atoms with Gasteiger partial charge in [-0.1, -0.05) is 22.0 Å². The third-order valence-corrected chi connectivity index (χ3v) is 4.71. The largest absolute Gasteiger partial charge is 0.393 e. The predicted molar refractivity (Wildman–Crippen MR) is 81.4 cm³/mol. The van der Waals surface area contributed by atoms with E-state index in [1.54, 1.807) is 6.92 Å². The van der Waals surface area contributed by atoms with Crippen molar-refractivity contribution in [3.05, 3.63) is 28.2 Å². The minimum absolute atomic E-state index is 0.202. The van der Waals surface area contributed by atoms with Crippen LogP contribution >= 0.6 is 15.9 Å². The lowest BCUT2D eigenvalue weighted by Crippen LogP contribution is -2.37. The molecular formula is C15H22BrNO2. The molecule has 0 bridgehead atoms. The molecule has 3 nitrogen and oxygen atoms in total. The van der Waals surface area contributed by atoms with Crippen LogP contribution in [0, 0.1) is 5.92 Å². The first-order valence-electron chi connectivity index (χ1n) is 6.89. The molecule has 1 unspecified atom stereocenters. The summed E-state index contributed by atoms with van der Waals surface area (Å²) < 4.78 is 0.956. The second-order valence-corrected chi connectivity index (χ2v) is 6.30. The maximum absolute atomic E-state index is 9.63. The fourth-order valence-corrected chi connectivity index (χ4v) is 3.39. The van der Waals surface area contributed by atoms with Crippen LogP contribution in [-0.2, 0) is 0 Å². The van der Waals surface area contributed by atoms with E-state index < -0.39 is 6.10 Å². The smallest absolute Gasteiger partial charge is 0.0772 e. The van der Waals surface area contributed by atoms with Gasteiger partial charge in [-0.2, -0.15) is 0 Å². The minimum atomic E-state index is -0.454. The van der Waals surface area contributed by atoms with Gasteiger partial charge in [0.25, 0.3) is 0 Å². The van der Waals surface area contributed by atoms with Gasteiger partial charge in [0.2, 0.25) is 0 Å². The average Bonchev–Trinajstić information content (AvgIpc) is 2.38. The van der Waals surface area contributed by atoms with E-state index in [0.29, 0.717) is 5.92 Å². The molecule has 0 aromatic heterocycles. The third-order valence-electron chi connectivity index (χ3n) is 4.02. The highest BCUT2D eigenvalue weighted by Gasteiger charge is 2.23. The molecule has 1 aliphatic rings. The van der Waals surface area contributed by atoms with Crippen LogP contribution in [0.15, 0.2) is 22.7 Å². The van der Waals surface area contributed by atoms with Gasteiger partial charge in [0, 0.05) is 23.2 Å². The standard InChI is InChI=1S/C15H22BrNO2/c1-10(18)12-5-7-17(8-6-12)13-3-4-14(11(2)19)15(16)9-13/h3-4,9-12,18-19H,5-8H2,1-2H3/t10?,11-/m1/s1. The minimum Gasteiger partial charge on any atom is -0.393 e. The first-order valence-corrected chi connectivity index (χ1v) is 7.69. The van der Waals surface area contributed by atoms with Gasteiger partial charge in [-0.3, -0.25) is 0 Å².